The molecular formula is C27H25N3O4S. The van der Waals surface area contributed by atoms with Crippen LogP contribution in [0.15, 0.2) is 66.4 Å². The number of aromatic nitrogens is 1. The number of ether oxygens (including phenoxy) is 2. The van der Waals surface area contributed by atoms with Crippen molar-refractivity contribution in [3.8, 4) is 22.1 Å². The van der Waals surface area contributed by atoms with Crippen LogP contribution in [-0.4, -0.2) is 31.0 Å². The third-order valence-corrected chi connectivity index (χ3v) is 6.27. The van der Waals surface area contributed by atoms with Crippen LogP contribution >= 0.6 is 11.3 Å². The van der Waals surface area contributed by atoms with E-state index in [4.69, 9.17) is 14.5 Å². The molecule has 0 aliphatic rings. The van der Waals surface area contributed by atoms with Crippen LogP contribution < -0.4 is 20.1 Å². The second kappa shape index (κ2) is 10.4. The molecule has 0 aliphatic heterocycles. The fourth-order valence-electron chi connectivity index (χ4n) is 3.51. The number of methoxy groups -OCH3 is 2. The predicted molar refractivity (Wildman–Crippen MR) is 140 cm³/mol. The molecule has 4 aromatic rings. The Morgan fingerprint density at radius 3 is 2.37 bits per heavy atom. The second-order valence-electron chi connectivity index (χ2n) is 7.88. The summed E-state index contributed by atoms with van der Waals surface area (Å²) >= 11 is 1.63. The van der Waals surface area contributed by atoms with E-state index in [0.717, 1.165) is 20.8 Å². The van der Waals surface area contributed by atoms with Crippen molar-refractivity contribution >= 4 is 45.1 Å². The Morgan fingerprint density at radius 2 is 1.69 bits per heavy atom. The lowest BCUT2D eigenvalue weighted by Gasteiger charge is -2.11. The number of thiazole rings is 1. The summed E-state index contributed by atoms with van der Waals surface area (Å²) in [6.07, 6.45) is 1.58. The first-order chi connectivity index (χ1) is 16.9. The molecule has 2 N–H and O–H groups in total. The first kappa shape index (κ1) is 24.0. The van der Waals surface area contributed by atoms with Gasteiger partial charge in [0.25, 0.3) is 5.91 Å². The highest BCUT2D eigenvalue weighted by Gasteiger charge is 2.14. The lowest BCUT2D eigenvalue weighted by Crippen LogP contribution is -2.28. The molecule has 4 rings (SSSR count). The number of hydrogen-bond donors (Lipinski definition) is 2. The normalized spacial score (nSPS) is 11.3. The number of carbonyl (C=O) groups is 2. The number of anilines is 1. The average molecular weight is 488 g/mol. The van der Waals surface area contributed by atoms with Crippen LogP contribution in [0.3, 0.4) is 0 Å². The van der Waals surface area contributed by atoms with E-state index in [-0.39, 0.29) is 11.6 Å². The molecule has 0 spiro atoms. The van der Waals surface area contributed by atoms with Crippen LogP contribution in [0, 0.1) is 6.92 Å². The topological polar surface area (TPSA) is 89.5 Å². The van der Waals surface area contributed by atoms with Crippen molar-refractivity contribution in [1.29, 1.82) is 0 Å². The van der Waals surface area contributed by atoms with Crippen molar-refractivity contribution < 1.29 is 19.1 Å². The van der Waals surface area contributed by atoms with E-state index in [9.17, 15) is 9.59 Å². The SMILES string of the molecule is COc1ccc(/C=C(\NC(C)=O)C(=O)Nc2ccc(-c3nc4ccc(C)cc4s3)cc2)cc1OC. The van der Waals surface area contributed by atoms with Crippen molar-refractivity contribution in [3.05, 3.63) is 77.5 Å². The Bertz CT molecular complexity index is 1420. The van der Waals surface area contributed by atoms with Gasteiger partial charge in [0.15, 0.2) is 11.5 Å². The number of carbonyl (C=O) groups excluding carboxylic acids is 2. The number of fused-ring (bicyclic) bond motifs is 1. The summed E-state index contributed by atoms with van der Waals surface area (Å²) in [5.41, 5.74) is 4.50. The number of rotatable bonds is 7. The molecular weight excluding hydrogens is 462 g/mol. The number of nitrogens with one attached hydrogen (secondary N) is 2. The van der Waals surface area contributed by atoms with Crippen LogP contribution in [0.25, 0.3) is 26.9 Å². The highest BCUT2D eigenvalue weighted by Crippen LogP contribution is 2.31. The summed E-state index contributed by atoms with van der Waals surface area (Å²) in [7, 11) is 3.08. The number of benzene rings is 3. The zero-order valence-corrected chi connectivity index (χ0v) is 20.7. The van der Waals surface area contributed by atoms with Gasteiger partial charge in [-0.1, -0.05) is 12.1 Å². The van der Waals surface area contributed by atoms with Gasteiger partial charge in [0, 0.05) is 18.2 Å². The minimum absolute atomic E-state index is 0.107. The molecule has 1 heterocycles. The van der Waals surface area contributed by atoms with Gasteiger partial charge < -0.3 is 20.1 Å². The molecule has 3 aromatic carbocycles. The Balaban J connectivity index is 1.54. The Labute approximate surface area is 207 Å². The molecule has 7 nitrogen and oxygen atoms in total. The monoisotopic (exact) mass is 487 g/mol. The molecule has 0 saturated carbocycles. The molecule has 0 atom stereocenters. The lowest BCUT2D eigenvalue weighted by atomic mass is 10.1. The maximum Gasteiger partial charge on any atom is 0.272 e. The fraction of sp³-hybridized carbons (Fsp3) is 0.148. The maximum absolute atomic E-state index is 13.0. The minimum atomic E-state index is -0.446. The van der Waals surface area contributed by atoms with E-state index in [1.54, 1.807) is 42.7 Å². The van der Waals surface area contributed by atoms with Crippen molar-refractivity contribution in [2.75, 3.05) is 19.5 Å². The van der Waals surface area contributed by atoms with Gasteiger partial charge in [-0.2, -0.15) is 0 Å². The van der Waals surface area contributed by atoms with E-state index in [1.165, 1.54) is 19.6 Å². The third kappa shape index (κ3) is 5.67. The van der Waals surface area contributed by atoms with Gasteiger partial charge >= 0.3 is 0 Å². The van der Waals surface area contributed by atoms with Crippen molar-refractivity contribution in [2.24, 2.45) is 0 Å². The van der Waals surface area contributed by atoms with Crippen molar-refractivity contribution in [3.63, 3.8) is 0 Å². The predicted octanol–water partition coefficient (Wildman–Crippen LogP) is 5.40. The summed E-state index contributed by atoms with van der Waals surface area (Å²) in [4.78, 5) is 29.4. The summed E-state index contributed by atoms with van der Waals surface area (Å²) in [6.45, 7) is 3.41. The van der Waals surface area contributed by atoms with E-state index >= 15 is 0 Å². The summed E-state index contributed by atoms with van der Waals surface area (Å²) in [6, 6.07) is 18.9. The Morgan fingerprint density at radius 1 is 0.943 bits per heavy atom. The molecule has 0 aliphatic carbocycles. The Hall–Kier alpha value is -4.17. The second-order valence-corrected chi connectivity index (χ2v) is 8.91. The number of aryl methyl sites for hydroxylation is 1. The van der Waals surface area contributed by atoms with E-state index < -0.39 is 5.91 Å². The maximum atomic E-state index is 13.0. The zero-order valence-electron chi connectivity index (χ0n) is 19.8. The zero-order chi connectivity index (χ0) is 24.9. The van der Waals surface area contributed by atoms with Gasteiger partial charge in [0.2, 0.25) is 5.91 Å². The van der Waals surface area contributed by atoms with E-state index in [0.29, 0.717) is 22.7 Å². The minimum Gasteiger partial charge on any atom is -0.493 e. The fourth-order valence-corrected chi connectivity index (χ4v) is 4.58. The molecule has 0 radical (unpaired) electrons. The standard InChI is InChI=1S/C27H25N3O4S/c1-16-5-11-21-25(13-16)35-27(30-21)19-7-9-20(10-8-19)29-26(32)22(28-17(2)31)14-18-6-12-23(33-3)24(15-18)34-4/h5-15H,1-4H3,(H,28,31)(H,29,32)/b22-14-. The Kier molecular flexibility index (Phi) is 7.12. The molecule has 0 unspecified atom stereocenters. The summed E-state index contributed by atoms with van der Waals surface area (Å²) in [5, 5.41) is 6.35. The highest BCUT2D eigenvalue weighted by atomic mass is 32.1. The summed E-state index contributed by atoms with van der Waals surface area (Å²) in [5.74, 6) is 0.287. The molecule has 0 bridgehead atoms. The molecule has 0 saturated heterocycles. The van der Waals surface area contributed by atoms with Crippen molar-refractivity contribution in [2.45, 2.75) is 13.8 Å². The van der Waals surface area contributed by atoms with E-state index in [1.807, 2.05) is 36.4 Å². The lowest BCUT2D eigenvalue weighted by molar-refractivity contribution is -0.120. The van der Waals surface area contributed by atoms with Gasteiger partial charge in [0.05, 0.1) is 24.4 Å². The van der Waals surface area contributed by atoms with Gasteiger partial charge in [0.1, 0.15) is 10.7 Å². The van der Waals surface area contributed by atoms with Crippen LogP contribution in [0.5, 0.6) is 11.5 Å². The van der Waals surface area contributed by atoms with Crippen LogP contribution in [-0.2, 0) is 9.59 Å². The van der Waals surface area contributed by atoms with Crippen LogP contribution in [0.2, 0.25) is 0 Å². The van der Waals surface area contributed by atoms with Gasteiger partial charge in [-0.05, 0) is 72.7 Å². The molecule has 35 heavy (non-hydrogen) atoms. The van der Waals surface area contributed by atoms with Crippen LogP contribution in [0.4, 0.5) is 5.69 Å². The largest absolute Gasteiger partial charge is 0.493 e. The van der Waals surface area contributed by atoms with Gasteiger partial charge in [-0.25, -0.2) is 4.98 Å². The first-order valence-corrected chi connectivity index (χ1v) is 11.7. The molecule has 8 heteroatoms. The van der Waals surface area contributed by atoms with Gasteiger partial charge in [-0.3, -0.25) is 9.59 Å². The number of hydrogen-bond acceptors (Lipinski definition) is 6. The number of amides is 2. The first-order valence-electron chi connectivity index (χ1n) is 10.9. The number of nitrogens with zero attached hydrogens (tertiary/aromatic N) is 1. The molecule has 2 amide bonds. The molecule has 0 fully saturated rings. The quantitative estimate of drug-likeness (QED) is 0.341. The van der Waals surface area contributed by atoms with Crippen molar-refractivity contribution in [1.82, 2.24) is 10.3 Å². The third-order valence-electron chi connectivity index (χ3n) is 5.21. The highest BCUT2D eigenvalue weighted by molar-refractivity contribution is 7.21. The summed E-state index contributed by atoms with van der Waals surface area (Å²) < 4.78 is 11.7. The van der Waals surface area contributed by atoms with E-state index in [2.05, 4.69) is 23.6 Å². The average Bonchev–Trinajstić information content (AvgIpc) is 3.27. The van der Waals surface area contributed by atoms with Gasteiger partial charge in [-0.15, -0.1) is 11.3 Å². The molecule has 178 valence electrons. The molecule has 1 aromatic heterocycles. The van der Waals surface area contributed by atoms with Crippen LogP contribution in [0.1, 0.15) is 18.1 Å². The smallest absolute Gasteiger partial charge is 0.272 e.